The second-order valence-electron chi connectivity index (χ2n) is 4.76. The molecule has 23 heavy (non-hydrogen) atoms. The van der Waals surface area contributed by atoms with E-state index in [0.717, 1.165) is 5.52 Å². The molecule has 0 radical (unpaired) electrons. The summed E-state index contributed by atoms with van der Waals surface area (Å²) in [6.07, 6.45) is 7.11. The van der Waals surface area contributed by atoms with Crippen molar-refractivity contribution in [3.63, 3.8) is 0 Å². The van der Waals surface area contributed by atoms with Crippen LogP contribution in [0.15, 0.2) is 35.5 Å². The third kappa shape index (κ3) is 2.94. The Morgan fingerprint density at radius 2 is 2.30 bits per heavy atom. The zero-order chi connectivity index (χ0) is 16.4. The summed E-state index contributed by atoms with van der Waals surface area (Å²) in [5, 5.41) is 4.14. The lowest BCUT2D eigenvalue weighted by atomic mass is 10.3. The number of aryl methyl sites for hydroxylation is 1. The molecular formula is C16H13FN4OS. The van der Waals surface area contributed by atoms with Crippen LogP contribution in [0.4, 0.5) is 4.39 Å². The molecule has 0 aliphatic heterocycles. The zero-order valence-corrected chi connectivity index (χ0v) is 13.2. The van der Waals surface area contributed by atoms with Crippen molar-refractivity contribution in [3.05, 3.63) is 46.8 Å². The number of benzene rings is 1. The molecule has 0 fully saturated rings. The van der Waals surface area contributed by atoms with E-state index in [9.17, 15) is 9.18 Å². The number of amides is 1. The Balaban J connectivity index is 2.12. The Morgan fingerprint density at radius 3 is 3.00 bits per heavy atom. The zero-order valence-electron chi connectivity index (χ0n) is 12.4. The molecule has 7 heteroatoms. The Bertz CT molecular complexity index is 990. The van der Waals surface area contributed by atoms with Crippen LogP contribution in [-0.2, 0) is 13.1 Å². The minimum atomic E-state index is -0.449. The SMILES string of the molecule is C#CCn1c(=NC(=O)c2ccn(CC)n2)sc2cc(F)ccc21. The second-order valence-corrected chi connectivity index (χ2v) is 5.77. The van der Waals surface area contributed by atoms with Gasteiger partial charge in [0.15, 0.2) is 10.5 Å². The summed E-state index contributed by atoms with van der Waals surface area (Å²) in [7, 11) is 0. The number of thiazole rings is 1. The number of carbonyl (C=O) groups is 1. The molecule has 2 aromatic heterocycles. The molecule has 0 aliphatic rings. The summed E-state index contributed by atoms with van der Waals surface area (Å²) < 4.78 is 17.4. The lowest BCUT2D eigenvalue weighted by molar-refractivity contribution is 0.0992. The predicted octanol–water partition coefficient (Wildman–Crippen LogP) is 2.43. The fourth-order valence-corrected chi connectivity index (χ4v) is 3.23. The van der Waals surface area contributed by atoms with Gasteiger partial charge in [0.2, 0.25) is 0 Å². The van der Waals surface area contributed by atoms with Crippen LogP contribution in [0.25, 0.3) is 10.2 Å². The van der Waals surface area contributed by atoms with Gasteiger partial charge >= 0.3 is 0 Å². The van der Waals surface area contributed by atoms with Crippen molar-refractivity contribution in [2.24, 2.45) is 4.99 Å². The third-order valence-electron chi connectivity index (χ3n) is 3.28. The molecule has 0 N–H and O–H groups in total. The number of carbonyl (C=O) groups excluding carboxylic acids is 1. The van der Waals surface area contributed by atoms with Gasteiger partial charge in [0.1, 0.15) is 5.82 Å². The molecule has 0 unspecified atom stereocenters. The normalized spacial score (nSPS) is 11.8. The Labute approximate surface area is 135 Å². The summed E-state index contributed by atoms with van der Waals surface area (Å²) in [5.41, 5.74) is 1.02. The fraction of sp³-hybridized carbons (Fsp3) is 0.188. The summed E-state index contributed by atoms with van der Waals surface area (Å²) in [4.78, 5) is 16.8. The molecule has 1 aromatic carbocycles. The van der Waals surface area contributed by atoms with Gasteiger partial charge in [-0.25, -0.2) is 4.39 Å². The molecule has 0 saturated heterocycles. The summed E-state index contributed by atoms with van der Waals surface area (Å²) in [6, 6.07) is 6.01. The standard InChI is InChI=1S/C16H13FN4OS/c1-3-8-21-13-6-5-11(17)10-14(13)23-16(21)18-15(22)12-7-9-20(4-2)19-12/h1,5-7,9-10H,4,8H2,2H3. The molecule has 116 valence electrons. The Morgan fingerprint density at radius 1 is 1.48 bits per heavy atom. The first-order valence-corrected chi connectivity index (χ1v) is 7.79. The van der Waals surface area contributed by atoms with Crippen LogP contribution in [0.5, 0.6) is 0 Å². The van der Waals surface area contributed by atoms with Gasteiger partial charge in [-0.3, -0.25) is 9.48 Å². The Hall–Kier alpha value is -2.72. The number of aromatic nitrogens is 3. The number of fused-ring (bicyclic) bond motifs is 1. The van der Waals surface area contributed by atoms with E-state index in [2.05, 4.69) is 16.0 Å². The fourth-order valence-electron chi connectivity index (χ4n) is 2.17. The number of rotatable bonds is 3. The average Bonchev–Trinajstić information content (AvgIpc) is 3.13. The number of hydrogen-bond donors (Lipinski definition) is 0. The Kier molecular flexibility index (Phi) is 4.08. The molecule has 2 heterocycles. The first-order chi connectivity index (χ1) is 11.1. The van der Waals surface area contributed by atoms with Crippen molar-refractivity contribution >= 4 is 27.5 Å². The smallest absolute Gasteiger partial charge is 0.300 e. The van der Waals surface area contributed by atoms with Gasteiger partial charge in [-0.2, -0.15) is 10.1 Å². The van der Waals surface area contributed by atoms with Gasteiger partial charge in [-0.15, -0.1) is 6.42 Å². The maximum Gasteiger partial charge on any atom is 0.300 e. The largest absolute Gasteiger partial charge is 0.305 e. The van der Waals surface area contributed by atoms with E-state index in [0.29, 0.717) is 16.0 Å². The van der Waals surface area contributed by atoms with Gasteiger partial charge < -0.3 is 4.57 Å². The van der Waals surface area contributed by atoms with Crippen LogP contribution < -0.4 is 4.80 Å². The van der Waals surface area contributed by atoms with Crippen LogP contribution in [0.1, 0.15) is 17.4 Å². The van der Waals surface area contributed by atoms with Crippen LogP contribution in [-0.4, -0.2) is 20.3 Å². The molecule has 5 nitrogen and oxygen atoms in total. The van der Waals surface area contributed by atoms with Crippen LogP contribution in [0.2, 0.25) is 0 Å². The highest BCUT2D eigenvalue weighted by Crippen LogP contribution is 2.18. The lowest BCUT2D eigenvalue weighted by Crippen LogP contribution is -2.16. The lowest BCUT2D eigenvalue weighted by Gasteiger charge is -1.99. The molecule has 3 rings (SSSR count). The molecule has 0 saturated carbocycles. The first kappa shape index (κ1) is 15.2. The summed E-state index contributed by atoms with van der Waals surface area (Å²) in [5.74, 6) is 1.74. The predicted molar refractivity (Wildman–Crippen MR) is 86.4 cm³/mol. The molecule has 0 atom stereocenters. The number of terminal acetylenes is 1. The maximum atomic E-state index is 13.4. The topological polar surface area (TPSA) is 52.2 Å². The summed E-state index contributed by atoms with van der Waals surface area (Å²) in [6.45, 7) is 2.85. The van der Waals surface area contributed by atoms with Crippen molar-refractivity contribution in [1.29, 1.82) is 0 Å². The minimum Gasteiger partial charge on any atom is -0.305 e. The average molecular weight is 328 g/mol. The highest BCUT2D eigenvalue weighted by molar-refractivity contribution is 7.16. The van der Waals surface area contributed by atoms with Crippen molar-refractivity contribution in [1.82, 2.24) is 14.3 Å². The van der Waals surface area contributed by atoms with E-state index in [1.54, 1.807) is 27.6 Å². The van der Waals surface area contributed by atoms with Crippen LogP contribution in [0, 0.1) is 18.2 Å². The van der Waals surface area contributed by atoms with Crippen LogP contribution >= 0.6 is 11.3 Å². The van der Waals surface area contributed by atoms with Gasteiger partial charge in [0.25, 0.3) is 5.91 Å². The number of halogens is 1. The first-order valence-electron chi connectivity index (χ1n) is 6.97. The van der Waals surface area contributed by atoms with Crippen molar-refractivity contribution in [2.45, 2.75) is 20.0 Å². The molecule has 0 spiro atoms. The van der Waals surface area contributed by atoms with Gasteiger partial charge in [0.05, 0.1) is 16.8 Å². The third-order valence-corrected chi connectivity index (χ3v) is 4.32. The highest BCUT2D eigenvalue weighted by Gasteiger charge is 2.11. The van der Waals surface area contributed by atoms with Crippen molar-refractivity contribution in [2.75, 3.05) is 0 Å². The van der Waals surface area contributed by atoms with Gasteiger partial charge in [-0.05, 0) is 31.2 Å². The quantitative estimate of drug-likeness (QED) is 0.694. The highest BCUT2D eigenvalue weighted by atomic mass is 32.1. The van der Waals surface area contributed by atoms with Gasteiger partial charge in [-0.1, -0.05) is 17.3 Å². The van der Waals surface area contributed by atoms with Crippen LogP contribution in [0.3, 0.4) is 0 Å². The van der Waals surface area contributed by atoms with E-state index in [-0.39, 0.29) is 18.1 Å². The van der Waals surface area contributed by atoms with Crippen molar-refractivity contribution < 1.29 is 9.18 Å². The van der Waals surface area contributed by atoms with Gasteiger partial charge in [0, 0.05) is 12.7 Å². The van der Waals surface area contributed by atoms with E-state index < -0.39 is 5.91 Å². The molecule has 0 aliphatic carbocycles. The monoisotopic (exact) mass is 328 g/mol. The van der Waals surface area contributed by atoms with E-state index >= 15 is 0 Å². The maximum absolute atomic E-state index is 13.4. The molecular weight excluding hydrogens is 315 g/mol. The van der Waals surface area contributed by atoms with E-state index in [4.69, 9.17) is 6.42 Å². The molecule has 3 aromatic rings. The molecule has 0 bridgehead atoms. The van der Waals surface area contributed by atoms with E-state index in [1.807, 2.05) is 6.92 Å². The number of hydrogen-bond acceptors (Lipinski definition) is 3. The minimum absolute atomic E-state index is 0.251. The molecule has 1 amide bonds. The van der Waals surface area contributed by atoms with E-state index in [1.165, 1.54) is 23.5 Å². The summed E-state index contributed by atoms with van der Waals surface area (Å²) >= 11 is 1.22. The second kappa shape index (κ2) is 6.18. The van der Waals surface area contributed by atoms with Crippen molar-refractivity contribution in [3.8, 4) is 12.3 Å². The number of nitrogens with zero attached hydrogens (tertiary/aromatic N) is 4.